The molecule has 0 bridgehead atoms. The van der Waals surface area contributed by atoms with Gasteiger partial charge < -0.3 is 4.90 Å². The highest BCUT2D eigenvalue weighted by Crippen LogP contribution is 2.08. The van der Waals surface area contributed by atoms with Crippen LogP contribution in [0.4, 0.5) is 0 Å². The average molecular weight is 165 g/mol. The SMILES string of the molecule is O=CC#CCCN1CCCCC1. The highest BCUT2D eigenvalue weighted by atomic mass is 16.1. The molecule has 0 radical (unpaired) electrons. The summed E-state index contributed by atoms with van der Waals surface area (Å²) in [5, 5.41) is 0. The average Bonchev–Trinajstić information content (AvgIpc) is 2.14. The molecule has 12 heavy (non-hydrogen) atoms. The summed E-state index contributed by atoms with van der Waals surface area (Å²) in [6.45, 7) is 3.45. The fourth-order valence-electron chi connectivity index (χ4n) is 1.51. The van der Waals surface area contributed by atoms with Crippen molar-refractivity contribution >= 4 is 6.29 Å². The van der Waals surface area contributed by atoms with Crippen molar-refractivity contribution in [1.29, 1.82) is 0 Å². The number of piperidine rings is 1. The van der Waals surface area contributed by atoms with Crippen LogP contribution in [0.3, 0.4) is 0 Å². The lowest BCUT2D eigenvalue weighted by Crippen LogP contribution is -2.30. The van der Waals surface area contributed by atoms with Crippen LogP contribution in [-0.4, -0.2) is 30.8 Å². The van der Waals surface area contributed by atoms with E-state index in [0.29, 0.717) is 6.29 Å². The zero-order valence-electron chi connectivity index (χ0n) is 7.38. The van der Waals surface area contributed by atoms with Gasteiger partial charge in [-0.15, -0.1) is 0 Å². The van der Waals surface area contributed by atoms with Crippen LogP contribution in [0.15, 0.2) is 0 Å². The number of carbonyl (C=O) groups is 1. The van der Waals surface area contributed by atoms with Gasteiger partial charge in [-0.2, -0.15) is 0 Å². The minimum Gasteiger partial charge on any atom is -0.302 e. The Bertz CT molecular complexity index is 184. The van der Waals surface area contributed by atoms with Gasteiger partial charge in [-0.05, 0) is 31.9 Å². The quantitative estimate of drug-likeness (QED) is 0.450. The summed E-state index contributed by atoms with van der Waals surface area (Å²) < 4.78 is 0. The second-order valence-corrected chi connectivity index (χ2v) is 3.09. The number of hydrogen-bond acceptors (Lipinski definition) is 2. The standard InChI is InChI=1S/C10H15NO/c12-10-6-2-5-9-11-7-3-1-4-8-11/h10H,1,3-5,7-9H2. The van der Waals surface area contributed by atoms with Gasteiger partial charge in [0.2, 0.25) is 0 Å². The molecule has 1 aliphatic rings. The summed E-state index contributed by atoms with van der Waals surface area (Å²) >= 11 is 0. The van der Waals surface area contributed by atoms with Crippen LogP contribution in [-0.2, 0) is 4.79 Å². The van der Waals surface area contributed by atoms with Crippen molar-refractivity contribution in [3.05, 3.63) is 0 Å². The summed E-state index contributed by atoms with van der Waals surface area (Å²) in [6.07, 6.45) is 5.51. The molecule has 0 aromatic carbocycles. The Morgan fingerprint density at radius 3 is 2.67 bits per heavy atom. The minimum atomic E-state index is 0.663. The van der Waals surface area contributed by atoms with Crippen molar-refractivity contribution in [2.45, 2.75) is 25.7 Å². The lowest BCUT2D eigenvalue weighted by molar-refractivity contribution is -0.103. The predicted molar refractivity (Wildman–Crippen MR) is 48.7 cm³/mol. The van der Waals surface area contributed by atoms with Crippen molar-refractivity contribution in [3.8, 4) is 11.8 Å². The maximum Gasteiger partial charge on any atom is 0.192 e. The molecule has 0 saturated carbocycles. The normalized spacial score (nSPS) is 18.0. The summed E-state index contributed by atoms with van der Waals surface area (Å²) in [7, 11) is 0. The molecule has 2 heteroatoms. The molecular formula is C10H15NO. The van der Waals surface area contributed by atoms with E-state index in [9.17, 15) is 4.79 Å². The Kier molecular flexibility index (Phi) is 4.48. The third-order valence-electron chi connectivity index (χ3n) is 2.16. The number of aldehydes is 1. The number of nitrogens with zero attached hydrogens (tertiary/aromatic N) is 1. The number of rotatable bonds is 2. The van der Waals surface area contributed by atoms with Gasteiger partial charge in [0.25, 0.3) is 0 Å². The first-order valence-corrected chi connectivity index (χ1v) is 4.58. The summed E-state index contributed by atoms with van der Waals surface area (Å²) in [4.78, 5) is 12.3. The highest BCUT2D eigenvalue weighted by molar-refractivity contribution is 5.72. The molecule has 66 valence electrons. The largest absolute Gasteiger partial charge is 0.302 e. The summed E-state index contributed by atoms with van der Waals surface area (Å²) in [5.74, 6) is 5.25. The molecular weight excluding hydrogens is 150 g/mol. The Morgan fingerprint density at radius 2 is 2.00 bits per heavy atom. The van der Waals surface area contributed by atoms with Crippen molar-refractivity contribution in [2.24, 2.45) is 0 Å². The van der Waals surface area contributed by atoms with E-state index in [-0.39, 0.29) is 0 Å². The molecule has 1 heterocycles. The lowest BCUT2D eigenvalue weighted by atomic mass is 10.1. The number of carbonyl (C=O) groups excluding carboxylic acids is 1. The molecule has 0 N–H and O–H groups in total. The van der Waals surface area contributed by atoms with Gasteiger partial charge in [-0.1, -0.05) is 12.3 Å². The molecule has 1 rings (SSSR count). The van der Waals surface area contributed by atoms with Gasteiger partial charge in [0.05, 0.1) is 0 Å². The third-order valence-corrected chi connectivity index (χ3v) is 2.16. The maximum absolute atomic E-state index is 9.87. The second kappa shape index (κ2) is 5.79. The lowest BCUT2D eigenvalue weighted by Gasteiger charge is -2.25. The van der Waals surface area contributed by atoms with Gasteiger partial charge >= 0.3 is 0 Å². The zero-order chi connectivity index (χ0) is 8.65. The number of likely N-dealkylation sites (tertiary alicyclic amines) is 1. The smallest absolute Gasteiger partial charge is 0.192 e. The van der Waals surface area contributed by atoms with E-state index >= 15 is 0 Å². The fourth-order valence-corrected chi connectivity index (χ4v) is 1.51. The minimum absolute atomic E-state index is 0.663. The first-order chi connectivity index (χ1) is 5.93. The van der Waals surface area contributed by atoms with Crippen molar-refractivity contribution < 1.29 is 4.79 Å². The van der Waals surface area contributed by atoms with E-state index in [0.717, 1.165) is 13.0 Å². The van der Waals surface area contributed by atoms with Gasteiger partial charge in [0.1, 0.15) is 0 Å². The van der Waals surface area contributed by atoms with Crippen LogP contribution in [0.1, 0.15) is 25.7 Å². The topological polar surface area (TPSA) is 20.3 Å². The molecule has 0 aromatic heterocycles. The van der Waals surface area contributed by atoms with E-state index in [1.54, 1.807) is 0 Å². The van der Waals surface area contributed by atoms with E-state index in [1.807, 2.05) is 0 Å². The van der Waals surface area contributed by atoms with Crippen molar-refractivity contribution in [2.75, 3.05) is 19.6 Å². The molecule has 1 aliphatic heterocycles. The molecule has 0 aromatic rings. The first-order valence-electron chi connectivity index (χ1n) is 4.58. The molecule has 0 amide bonds. The Labute approximate surface area is 73.9 Å². The monoisotopic (exact) mass is 165 g/mol. The van der Waals surface area contributed by atoms with Crippen LogP contribution < -0.4 is 0 Å². The van der Waals surface area contributed by atoms with E-state index in [2.05, 4.69) is 16.7 Å². The molecule has 0 atom stereocenters. The van der Waals surface area contributed by atoms with Crippen LogP contribution in [0, 0.1) is 11.8 Å². The first kappa shape index (κ1) is 9.28. The maximum atomic E-state index is 9.87. The van der Waals surface area contributed by atoms with Gasteiger partial charge in [-0.25, -0.2) is 0 Å². The Balaban J connectivity index is 2.09. The van der Waals surface area contributed by atoms with Crippen LogP contribution in [0.2, 0.25) is 0 Å². The predicted octanol–water partition coefficient (Wildman–Crippen LogP) is 1.06. The second-order valence-electron chi connectivity index (χ2n) is 3.09. The molecule has 0 aliphatic carbocycles. The fraction of sp³-hybridized carbons (Fsp3) is 0.700. The summed E-state index contributed by atoms with van der Waals surface area (Å²) in [5.41, 5.74) is 0. The Hall–Kier alpha value is -0.810. The molecule has 0 unspecified atom stereocenters. The van der Waals surface area contributed by atoms with Gasteiger partial charge in [0, 0.05) is 13.0 Å². The van der Waals surface area contributed by atoms with Crippen LogP contribution in [0.5, 0.6) is 0 Å². The van der Waals surface area contributed by atoms with Crippen molar-refractivity contribution in [1.82, 2.24) is 4.90 Å². The van der Waals surface area contributed by atoms with E-state index in [4.69, 9.17) is 0 Å². The molecule has 1 saturated heterocycles. The van der Waals surface area contributed by atoms with Gasteiger partial charge in [-0.3, -0.25) is 4.79 Å². The van der Waals surface area contributed by atoms with Crippen molar-refractivity contribution in [3.63, 3.8) is 0 Å². The van der Waals surface area contributed by atoms with Gasteiger partial charge in [0.15, 0.2) is 6.29 Å². The molecule has 0 spiro atoms. The van der Waals surface area contributed by atoms with E-state index in [1.165, 1.54) is 32.4 Å². The van der Waals surface area contributed by atoms with E-state index < -0.39 is 0 Å². The molecule has 1 fully saturated rings. The Morgan fingerprint density at radius 1 is 1.25 bits per heavy atom. The zero-order valence-corrected chi connectivity index (χ0v) is 7.38. The summed E-state index contributed by atoms with van der Waals surface area (Å²) in [6, 6.07) is 0. The third kappa shape index (κ3) is 3.54. The highest BCUT2D eigenvalue weighted by Gasteiger charge is 2.07. The van der Waals surface area contributed by atoms with Crippen LogP contribution in [0.25, 0.3) is 0 Å². The molecule has 2 nitrogen and oxygen atoms in total. The van der Waals surface area contributed by atoms with Crippen LogP contribution >= 0.6 is 0 Å². The number of hydrogen-bond donors (Lipinski definition) is 0.